The summed E-state index contributed by atoms with van der Waals surface area (Å²) in [4.78, 5) is 26.4. The molecule has 7 heteroatoms. The van der Waals surface area contributed by atoms with Crippen LogP contribution in [-0.2, 0) is 16.1 Å². The lowest BCUT2D eigenvalue weighted by Gasteiger charge is -2.27. The third-order valence-corrected chi connectivity index (χ3v) is 5.27. The second-order valence-corrected chi connectivity index (χ2v) is 7.71. The van der Waals surface area contributed by atoms with Crippen molar-refractivity contribution in [3.8, 4) is 11.1 Å². The van der Waals surface area contributed by atoms with Gasteiger partial charge in [-0.25, -0.2) is 0 Å². The van der Waals surface area contributed by atoms with Crippen LogP contribution in [0.4, 0.5) is 11.5 Å². The van der Waals surface area contributed by atoms with Crippen LogP contribution in [-0.4, -0.2) is 47.8 Å². The maximum absolute atomic E-state index is 12.7. The highest BCUT2D eigenvalue weighted by molar-refractivity contribution is 5.97. The molecule has 2 aromatic carbocycles. The number of hydrogen-bond acceptors (Lipinski definition) is 5. The van der Waals surface area contributed by atoms with E-state index in [-0.39, 0.29) is 18.2 Å². The summed E-state index contributed by atoms with van der Waals surface area (Å²) in [6.07, 6.45) is 1.92. The first-order chi connectivity index (χ1) is 15.0. The number of nitrogens with zero attached hydrogens (tertiary/aromatic N) is 3. The predicted molar refractivity (Wildman–Crippen MR) is 121 cm³/mol. The Bertz CT molecular complexity index is 1080. The molecule has 1 N–H and O–H groups in total. The van der Waals surface area contributed by atoms with E-state index in [0.717, 1.165) is 30.0 Å². The molecular weight excluding hydrogens is 392 g/mol. The average molecular weight is 418 g/mol. The Morgan fingerprint density at radius 2 is 1.84 bits per heavy atom. The largest absolute Gasteiger partial charge is 0.378 e. The topological polar surface area (TPSA) is 76.5 Å². The van der Waals surface area contributed by atoms with Crippen molar-refractivity contribution in [2.75, 3.05) is 36.5 Å². The number of benzene rings is 2. The SMILES string of the molecule is CC(=O)c1cccc(NC(=O)Cn2cc(-c3ccc(C)cc3)c(N3CCOCC3)n2)c1. The zero-order chi connectivity index (χ0) is 21.8. The first-order valence-corrected chi connectivity index (χ1v) is 10.4. The molecule has 1 saturated heterocycles. The number of rotatable bonds is 6. The van der Waals surface area contributed by atoms with Crippen molar-refractivity contribution in [2.45, 2.75) is 20.4 Å². The number of ketones is 1. The van der Waals surface area contributed by atoms with Gasteiger partial charge < -0.3 is 15.0 Å². The van der Waals surface area contributed by atoms with Crippen LogP contribution in [0.15, 0.2) is 54.7 Å². The molecule has 0 saturated carbocycles. The van der Waals surface area contributed by atoms with E-state index in [2.05, 4.69) is 41.4 Å². The Labute approximate surface area is 181 Å². The first-order valence-electron chi connectivity index (χ1n) is 10.4. The summed E-state index contributed by atoms with van der Waals surface area (Å²) >= 11 is 0. The van der Waals surface area contributed by atoms with E-state index in [1.807, 2.05) is 6.20 Å². The number of anilines is 2. The molecule has 1 aliphatic heterocycles. The maximum atomic E-state index is 12.7. The fraction of sp³-hybridized carbons (Fsp3) is 0.292. The molecule has 0 radical (unpaired) electrons. The van der Waals surface area contributed by atoms with Gasteiger partial charge in [0.05, 0.1) is 13.2 Å². The first kappa shape index (κ1) is 20.8. The summed E-state index contributed by atoms with van der Waals surface area (Å²) in [5.41, 5.74) is 4.41. The standard InChI is InChI=1S/C24H26N4O3/c1-17-6-8-19(9-7-17)22-15-28(26-24(22)27-10-12-31-13-11-27)16-23(30)25-21-5-3-4-20(14-21)18(2)29/h3-9,14-15H,10-13,16H2,1-2H3,(H,25,30). The number of carbonyl (C=O) groups excluding carboxylic acids is 2. The smallest absolute Gasteiger partial charge is 0.246 e. The molecule has 1 aliphatic rings. The number of Topliss-reactive ketones (excluding diaryl/α,β-unsaturated/α-hetero) is 1. The molecule has 0 spiro atoms. The quantitative estimate of drug-likeness (QED) is 0.620. The van der Waals surface area contributed by atoms with Crippen LogP contribution >= 0.6 is 0 Å². The van der Waals surface area contributed by atoms with Gasteiger partial charge in [-0.3, -0.25) is 14.3 Å². The molecule has 0 bridgehead atoms. The van der Waals surface area contributed by atoms with Gasteiger partial charge in [-0.2, -0.15) is 5.10 Å². The van der Waals surface area contributed by atoms with E-state index >= 15 is 0 Å². The summed E-state index contributed by atoms with van der Waals surface area (Å²) < 4.78 is 7.15. The molecule has 31 heavy (non-hydrogen) atoms. The van der Waals surface area contributed by atoms with Crippen LogP contribution in [0.2, 0.25) is 0 Å². The maximum Gasteiger partial charge on any atom is 0.246 e. The fourth-order valence-corrected chi connectivity index (χ4v) is 3.60. The fourth-order valence-electron chi connectivity index (χ4n) is 3.60. The van der Waals surface area contributed by atoms with Gasteiger partial charge in [-0.15, -0.1) is 0 Å². The van der Waals surface area contributed by atoms with Crippen molar-refractivity contribution in [3.63, 3.8) is 0 Å². The number of ether oxygens (including phenoxy) is 1. The lowest BCUT2D eigenvalue weighted by Crippen LogP contribution is -2.36. The Kier molecular flexibility index (Phi) is 6.13. The highest BCUT2D eigenvalue weighted by atomic mass is 16.5. The average Bonchev–Trinajstić information content (AvgIpc) is 3.18. The monoisotopic (exact) mass is 418 g/mol. The van der Waals surface area contributed by atoms with E-state index in [9.17, 15) is 9.59 Å². The van der Waals surface area contributed by atoms with Crippen LogP contribution in [0.1, 0.15) is 22.8 Å². The van der Waals surface area contributed by atoms with Crippen LogP contribution in [0.3, 0.4) is 0 Å². The van der Waals surface area contributed by atoms with Crippen molar-refractivity contribution in [1.82, 2.24) is 9.78 Å². The Morgan fingerprint density at radius 1 is 1.10 bits per heavy atom. The minimum Gasteiger partial charge on any atom is -0.378 e. The van der Waals surface area contributed by atoms with Crippen LogP contribution in [0.25, 0.3) is 11.1 Å². The number of aryl methyl sites for hydroxylation is 1. The van der Waals surface area contributed by atoms with Crippen LogP contribution < -0.4 is 10.2 Å². The molecule has 2 heterocycles. The van der Waals surface area contributed by atoms with Gasteiger partial charge in [0, 0.05) is 36.1 Å². The molecule has 0 aliphatic carbocycles. The van der Waals surface area contributed by atoms with Gasteiger partial charge in [-0.05, 0) is 31.5 Å². The highest BCUT2D eigenvalue weighted by Gasteiger charge is 2.20. The number of hydrogen-bond donors (Lipinski definition) is 1. The summed E-state index contributed by atoms with van der Waals surface area (Å²) in [6, 6.07) is 15.2. The molecule has 1 aromatic heterocycles. The van der Waals surface area contributed by atoms with Crippen molar-refractivity contribution in [3.05, 3.63) is 65.9 Å². The van der Waals surface area contributed by atoms with Gasteiger partial charge in [0.1, 0.15) is 6.54 Å². The summed E-state index contributed by atoms with van der Waals surface area (Å²) in [5.74, 6) is 0.617. The van der Waals surface area contributed by atoms with Crippen molar-refractivity contribution in [2.24, 2.45) is 0 Å². The normalized spacial score (nSPS) is 13.8. The highest BCUT2D eigenvalue weighted by Crippen LogP contribution is 2.30. The lowest BCUT2D eigenvalue weighted by atomic mass is 10.1. The second kappa shape index (κ2) is 9.14. The van der Waals surface area contributed by atoms with E-state index in [1.165, 1.54) is 12.5 Å². The Hall–Kier alpha value is -3.45. The summed E-state index contributed by atoms with van der Waals surface area (Å²) in [5, 5.41) is 7.59. The minimum absolute atomic E-state index is 0.0407. The van der Waals surface area contributed by atoms with Crippen LogP contribution in [0, 0.1) is 6.92 Å². The van der Waals surface area contributed by atoms with Crippen molar-refractivity contribution in [1.29, 1.82) is 0 Å². The molecule has 7 nitrogen and oxygen atoms in total. The molecule has 4 rings (SSSR count). The van der Waals surface area contributed by atoms with Gasteiger partial charge in [0.2, 0.25) is 5.91 Å². The lowest BCUT2D eigenvalue weighted by molar-refractivity contribution is -0.116. The van der Waals surface area contributed by atoms with E-state index in [1.54, 1.807) is 28.9 Å². The van der Waals surface area contributed by atoms with Crippen molar-refractivity contribution >= 4 is 23.2 Å². The van der Waals surface area contributed by atoms with Crippen molar-refractivity contribution < 1.29 is 14.3 Å². The van der Waals surface area contributed by atoms with E-state index < -0.39 is 0 Å². The third-order valence-electron chi connectivity index (χ3n) is 5.27. The molecule has 0 unspecified atom stereocenters. The predicted octanol–water partition coefficient (Wildman–Crippen LogP) is 3.54. The van der Waals surface area contributed by atoms with Gasteiger partial charge in [-0.1, -0.05) is 42.0 Å². The van der Waals surface area contributed by atoms with E-state index in [4.69, 9.17) is 9.84 Å². The Morgan fingerprint density at radius 3 is 2.55 bits per heavy atom. The van der Waals surface area contributed by atoms with Gasteiger partial charge in [0.15, 0.2) is 11.6 Å². The zero-order valence-corrected chi connectivity index (χ0v) is 17.8. The summed E-state index contributed by atoms with van der Waals surface area (Å²) in [7, 11) is 0. The molecular formula is C24H26N4O3. The van der Waals surface area contributed by atoms with Gasteiger partial charge in [0.25, 0.3) is 0 Å². The van der Waals surface area contributed by atoms with Gasteiger partial charge >= 0.3 is 0 Å². The number of nitrogens with one attached hydrogen (secondary N) is 1. The number of aromatic nitrogens is 2. The molecule has 1 fully saturated rings. The molecule has 3 aromatic rings. The second-order valence-electron chi connectivity index (χ2n) is 7.71. The molecule has 0 atom stereocenters. The molecule has 1 amide bonds. The Balaban J connectivity index is 1.56. The number of carbonyl (C=O) groups is 2. The third kappa shape index (κ3) is 5.00. The minimum atomic E-state index is -0.202. The molecule has 160 valence electrons. The van der Waals surface area contributed by atoms with Crippen LogP contribution in [0.5, 0.6) is 0 Å². The van der Waals surface area contributed by atoms with E-state index in [0.29, 0.717) is 24.5 Å². The number of amides is 1. The zero-order valence-electron chi connectivity index (χ0n) is 17.8. The number of morpholine rings is 1. The summed E-state index contributed by atoms with van der Waals surface area (Å²) in [6.45, 7) is 6.49.